The van der Waals surface area contributed by atoms with Crippen LogP contribution < -0.4 is 5.32 Å². The fourth-order valence-electron chi connectivity index (χ4n) is 4.78. The molecule has 0 spiro atoms. The molecule has 1 heterocycles. The number of amides is 2. The highest BCUT2D eigenvalue weighted by atomic mass is 16.5. The first-order chi connectivity index (χ1) is 18.5. The smallest absolute Gasteiger partial charge is 0.336 e. The van der Waals surface area contributed by atoms with Crippen LogP contribution in [-0.2, 0) is 22.6 Å². The molecule has 0 radical (unpaired) electrons. The fourth-order valence-corrected chi connectivity index (χ4v) is 4.78. The molecule has 1 aromatic heterocycles. The Morgan fingerprint density at radius 1 is 1.00 bits per heavy atom. The van der Waals surface area contributed by atoms with Gasteiger partial charge < -0.3 is 24.8 Å². The molecule has 2 N–H and O–H groups in total. The molecule has 2 amide bonds. The van der Waals surface area contributed by atoms with Gasteiger partial charge >= 0.3 is 12.0 Å². The number of ether oxygens (including phenoxy) is 2. The molecule has 1 aliphatic rings. The number of hydrogen-bond donors (Lipinski definition) is 2. The second-order valence-corrected chi connectivity index (χ2v) is 9.58. The number of carbonyl (C=O) groups is 2. The van der Waals surface area contributed by atoms with Gasteiger partial charge in [-0.15, -0.1) is 0 Å². The predicted octanol–water partition coefficient (Wildman–Crippen LogP) is 5.67. The number of pyridine rings is 1. The lowest BCUT2D eigenvalue weighted by molar-refractivity contribution is -0.0524. The number of aromatic nitrogens is 1. The number of hydrogen-bond acceptors (Lipinski definition) is 5. The van der Waals surface area contributed by atoms with E-state index in [2.05, 4.69) is 10.3 Å². The number of carbonyl (C=O) groups excluding carboxylic acids is 1. The highest BCUT2D eigenvalue weighted by Gasteiger charge is 2.24. The Morgan fingerprint density at radius 3 is 2.47 bits per heavy atom. The van der Waals surface area contributed by atoms with Crippen LogP contribution in [-0.4, -0.2) is 52.4 Å². The Kier molecular flexibility index (Phi) is 9.84. The molecule has 1 unspecified atom stereocenters. The number of urea groups is 1. The Balaban J connectivity index is 1.30. The summed E-state index contributed by atoms with van der Waals surface area (Å²) in [6.45, 7) is 3.36. The summed E-state index contributed by atoms with van der Waals surface area (Å²) in [5.74, 6) is -0.931. The Morgan fingerprint density at radius 2 is 1.74 bits per heavy atom. The predicted molar refractivity (Wildman–Crippen MR) is 145 cm³/mol. The molecule has 200 valence electrons. The van der Waals surface area contributed by atoms with Gasteiger partial charge in [-0.25, -0.2) is 9.59 Å². The number of benzene rings is 2. The summed E-state index contributed by atoms with van der Waals surface area (Å²) in [4.78, 5) is 30.5. The van der Waals surface area contributed by atoms with E-state index in [-0.39, 0.29) is 24.8 Å². The minimum absolute atomic E-state index is 0.00482. The van der Waals surface area contributed by atoms with Crippen LogP contribution in [0.3, 0.4) is 0 Å². The van der Waals surface area contributed by atoms with Crippen molar-refractivity contribution in [2.45, 2.75) is 58.0 Å². The van der Waals surface area contributed by atoms with Crippen LogP contribution in [0, 0.1) is 6.92 Å². The quantitative estimate of drug-likeness (QED) is 0.340. The third-order valence-corrected chi connectivity index (χ3v) is 6.78. The minimum Gasteiger partial charge on any atom is -0.478 e. The van der Waals surface area contributed by atoms with E-state index in [9.17, 15) is 14.7 Å². The summed E-state index contributed by atoms with van der Waals surface area (Å²) < 4.78 is 12.3. The Hall–Kier alpha value is -3.75. The zero-order valence-corrected chi connectivity index (χ0v) is 21.7. The number of aromatic carboxylic acids is 1. The first-order valence-corrected chi connectivity index (χ1v) is 13.0. The largest absolute Gasteiger partial charge is 0.478 e. The zero-order chi connectivity index (χ0) is 26.7. The normalized spacial score (nSPS) is 17.1. The maximum absolute atomic E-state index is 13.1. The van der Waals surface area contributed by atoms with Gasteiger partial charge in [-0.2, -0.15) is 0 Å². The highest BCUT2D eigenvalue weighted by molar-refractivity contribution is 5.91. The van der Waals surface area contributed by atoms with Crippen molar-refractivity contribution in [1.29, 1.82) is 0 Å². The number of anilines is 1. The highest BCUT2D eigenvalue weighted by Crippen LogP contribution is 2.25. The van der Waals surface area contributed by atoms with Crippen molar-refractivity contribution in [2.75, 3.05) is 18.5 Å². The van der Waals surface area contributed by atoms with E-state index in [0.717, 1.165) is 42.5 Å². The van der Waals surface area contributed by atoms with E-state index in [1.54, 1.807) is 30.3 Å². The van der Waals surface area contributed by atoms with E-state index in [0.29, 0.717) is 30.8 Å². The zero-order valence-electron chi connectivity index (χ0n) is 21.7. The SMILES string of the molecule is Cc1cccc(COC2CCC[C@H](OCCN(Cc3ccncc3)C(=O)Nc3ccccc3)C2)c1C(=O)O. The van der Waals surface area contributed by atoms with Crippen molar-refractivity contribution in [2.24, 2.45) is 0 Å². The summed E-state index contributed by atoms with van der Waals surface area (Å²) in [6, 6.07) is 18.5. The molecule has 8 nitrogen and oxygen atoms in total. The molecule has 1 aliphatic carbocycles. The monoisotopic (exact) mass is 517 g/mol. The second kappa shape index (κ2) is 13.7. The van der Waals surface area contributed by atoms with Gasteiger partial charge in [0.2, 0.25) is 0 Å². The lowest BCUT2D eigenvalue weighted by Crippen LogP contribution is -2.38. The van der Waals surface area contributed by atoms with Gasteiger partial charge in [0.1, 0.15) is 0 Å². The van der Waals surface area contributed by atoms with E-state index in [4.69, 9.17) is 9.47 Å². The first-order valence-electron chi connectivity index (χ1n) is 13.0. The van der Waals surface area contributed by atoms with Gasteiger partial charge in [0, 0.05) is 31.2 Å². The average Bonchev–Trinajstić information content (AvgIpc) is 2.92. The number of nitrogens with one attached hydrogen (secondary N) is 1. The molecule has 2 aromatic carbocycles. The molecule has 38 heavy (non-hydrogen) atoms. The molecule has 4 rings (SSSR count). The third-order valence-electron chi connectivity index (χ3n) is 6.78. The van der Waals surface area contributed by atoms with Crippen molar-refractivity contribution < 1.29 is 24.2 Å². The van der Waals surface area contributed by atoms with E-state index >= 15 is 0 Å². The van der Waals surface area contributed by atoms with Crippen molar-refractivity contribution >= 4 is 17.7 Å². The molecule has 1 fully saturated rings. The standard InChI is InChI=1S/C30H35N3O5/c1-22-7-5-8-24(28(22)29(34)35)21-38-27-12-6-11-26(19-27)37-18-17-33(20-23-13-15-31-16-14-23)30(36)32-25-9-3-2-4-10-25/h2-5,7-10,13-16,26-27H,6,11-12,17-21H2,1H3,(H,32,36)(H,34,35)/t26-,27?/m0/s1. The summed E-state index contributed by atoms with van der Waals surface area (Å²) >= 11 is 0. The maximum atomic E-state index is 13.1. The van der Waals surface area contributed by atoms with Crippen LogP contribution in [0.1, 0.15) is 52.7 Å². The van der Waals surface area contributed by atoms with Crippen molar-refractivity contribution in [3.8, 4) is 0 Å². The molecule has 2 atom stereocenters. The number of para-hydroxylation sites is 1. The van der Waals surface area contributed by atoms with Gasteiger partial charge in [0.15, 0.2) is 0 Å². The number of rotatable bonds is 11. The van der Waals surface area contributed by atoms with Gasteiger partial charge in [0.25, 0.3) is 0 Å². The Bertz CT molecular complexity index is 1190. The van der Waals surface area contributed by atoms with Gasteiger partial charge in [-0.05, 0) is 73.6 Å². The number of aryl methyl sites for hydroxylation is 1. The molecule has 3 aromatic rings. The minimum atomic E-state index is -0.931. The average molecular weight is 518 g/mol. The molecule has 1 saturated carbocycles. The molecular formula is C30H35N3O5. The second-order valence-electron chi connectivity index (χ2n) is 9.58. The Labute approximate surface area is 223 Å². The van der Waals surface area contributed by atoms with Gasteiger partial charge in [0.05, 0.1) is 31.0 Å². The molecule has 8 heteroatoms. The van der Waals surface area contributed by atoms with Gasteiger partial charge in [-0.1, -0.05) is 36.4 Å². The lowest BCUT2D eigenvalue weighted by Gasteiger charge is -2.30. The van der Waals surface area contributed by atoms with E-state index < -0.39 is 5.97 Å². The summed E-state index contributed by atoms with van der Waals surface area (Å²) in [7, 11) is 0. The number of nitrogens with zero attached hydrogens (tertiary/aromatic N) is 2. The summed E-state index contributed by atoms with van der Waals surface area (Å²) in [5, 5.41) is 12.5. The van der Waals surface area contributed by atoms with Crippen molar-refractivity contribution in [3.05, 3.63) is 95.3 Å². The maximum Gasteiger partial charge on any atom is 0.336 e. The molecule has 0 aliphatic heterocycles. The first kappa shape index (κ1) is 27.3. The van der Waals surface area contributed by atoms with Crippen molar-refractivity contribution in [1.82, 2.24) is 9.88 Å². The van der Waals surface area contributed by atoms with Crippen LogP contribution in [0.5, 0.6) is 0 Å². The summed E-state index contributed by atoms with van der Waals surface area (Å²) in [6.07, 6.45) is 7.05. The summed E-state index contributed by atoms with van der Waals surface area (Å²) in [5.41, 5.74) is 3.48. The topological polar surface area (TPSA) is 101 Å². The van der Waals surface area contributed by atoms with E-state index in [1.165, 1.54) is 0 Å². The van der Waals surface area contributed by atoms with E-state index in [1.807, 2.05) is 54.6 Å². The molecule has 0 bridgehead atoms. The van der Waals surface area contributed by atoms with Gasteiger partial charge in [-0.3, -0.25) is 4.98 Å². The lowest BCUT2D eigenvalue weighted by atomic mass is 9.94. The number of carboxylic acid groups (broad SMARTS) is 1. The van der Waals surface area contributed by atoms with Crippen LogP contribution in [0.2, 0.25) is 0 Å². The van der Waals surface area contributed by atoms with Crippen LogP contribution in [0.4, 0.5) is 10.5 Å². The third kappa shape index (κ3) is 7.87. The molecule has 0 saturated heterocycles. The van der Waals surface area contributed by atoms with Crippen molar-refractivity contribution in [3.63, 3.8) is 0 Å². The van der Waals surface area contributed by atoms with Crippen LogP contribution in [0.25, 0.3) is 0 Å². The molecular weight excluding hydrogens is 482 g/mol. The number of carboxylic acids is 1. The van der Waals surface area contributed by atoms with Crippen LogP contribution in [0.15, 0.2) is 73.1 Å². The van der Waals surface area contributed by atoms with Crippen LogP contribution >= 0.6 is 0 Å². The fraction of sp³-hybridized carbons (Fsp3) is 0.367.